The van der Waals surface area contributed by atoms with Gasteiger partial charge >= 0.3 is 0 Å². The molecule has 1 atom stereocenters. The maximum atomic E-state index is 9.21. The van der Waals surface area contributed by atoms with Crippen molar-refractivity contribution in [3.8, 4) is 6.07 Å². The predicted molar refractivity (Wildman–Crippen MR) is 79.2 cm³/mol. The Bertz CT molecular complexity index is 613. The predicted octanol–water partition coefficient (Wildman–Crippen LogP) is 2.86. The van der Waals surface area contributed by atoms with Gasteiger partial charge in [0.05, 0.1) is 17.1 Å². The van der Waals surface area contributed by atoms with E-state index in [-0.39, 0.29) is 0 Å². The number of H-pyrrole nitrogens is 1. The minimum absolute atomic E-state index is 0.520. The topological polar surface area (TPSA) is 64.5 Å². The summed E-state index contributed by atoms with van der Waals surface area (Å²) < 4.78 is 0. The first-order valence-electron chi connectivity index (χ1n) is 6.32. The number of hydrogen-bond acceptors (Lipinski definition) is 4. The quantitative estimate of drug-likeness (QED) is 0.823. The SMILES string of the molecule is CCNC(C)(C#N)CSc1nc2ccc(C)cc2[nH]1. The van der Waals surface area contributed by atoms with Gasteiger partial charge in [0.25, 0.3) is 0 Å². The molecule has 100 valence electrons. The van der Waals surface area contributed by atoms with E-state index in [0.29, 0.717) is 5.75 Å². The molecule has 1 unspecified atom stereocenters. The number of nitriles is 1. The first kappa shape index (κ1) is 13.9. The van der Waals surface area contributed by atoms with Crippen LogP contribution in [0, 0.1) is 18.3 Å². The van der Waals surface area contributed by atoms with Crippen molar-refractivity contribution < 1.29 is 0 Å². The molecule has 2 N–H and O–H groups in total. The Hall–Kier alpha value is -1.51. The molecule has 0 aliphatic heterocycles. The maximum absolute atomic E-state index is 9.21. The standard InChI is InChI=1S/C14H18N4S/c1-4-16-14(3,8-15)9-19-13-17-11-6-5-10(2)7-12(11)18-13/h5-7,16H,4,9H2,1-3H3,(H,17,18). The monoisotopic (exact) mass is 274 g/mol. The Kier molecular flexibility index (Phi) is 4.13. The molecule has 0 amide bonds. The summed E-state index contributed by atoms with van der Waals surface area (Å²) in [6.45, 7) is 6.76. The average Bonchev–Trinajstić information content (AvgIpc) is 2.79. The number of aryl methyl sites for hydroxylation is 1. The Morgan fingerprint density at radius 1 is 1.53 bits per heavy atom. The van der Waals surface area contributed by atoms with Crippen LogP contribution >= 0.6 is 11.8 Å². The van der Waals surface area contributed by atoms with Crippen LogP contribution in [-0.2, 0) is 0 Å². The highest BCUT2D eigenvalue weighted by Gasteiger charge is 2.23. The number of nitrogens with zero attached hydrogens (tertiary/aromatic N) is 2. The van der Waals surface area contributed by atoms with Crippen LogP contribution in [0.4, 0.5) is 0 Å². The Labute approximate surface area is 117 Å². The van der Waals surface area contributed by atoms with Crippen LogP contribution in [0.15, 0.2) is 23.4 Å². The Morgan fingerprint density at radius 2 is 2.32 bits per heavy atom. The molecule has 0 spiro atoms. The highest BCUT2D eigenvalue weighted by Crippen LogP contribution is 2.23. The number of nitrogens with one attached hydrogen (secondary N) is 2. The number of imidazole rings is 1. The van der Waals surface area contributed by atoms with E-state index in [9.17, 15) is 5.26 Å². The van der Waals surface area contributed by atoms with Crippen LogP contribution in [0.5, 0.6) is 0 Å². The van der Waals surface area contributed by atoms with Crippen molar-refractivity contribution >= 4 is 22.8 Å². The van der Waals surface area contributed by atoms with Crippen molar-refractivity contribution in [2.24, 2.45) is 0 Å². The summed E-state index contributed by atoms with van der Waals surface area (Å²) in [6, 6.07) is 8.47. The van der Waals surface area contributed by atoms with Gasteiger partial charge in [0, 0.05) is 5.75 Å². The van der Waals surface area contributed by atoms with Crippen molar-refractivity contribution in [1.29, 1.82) is 5.26 Å². The lowest BCUT2D eigenvalue weighted by atomic mass is 10.1. The second kappa shape index (κ2) is 5.64. The number of fused-ring (bicyclic) bond motifs is 1. The summed E-state index contributed by atoms with van der Waals surface area (Å²) in [5, 5.41) is 13.3. The number of aromatic amines is 1. The normalized spacial score (nSPS) is 14.2. The minimum atomic E-state index is -0.520. The van der Waals surface area contributed by atoms with Gasteiger partial charge in [-0.05, 0) is 38.1 Å². The summed E-state index contributed by atoms with van der Waals surface area (Å²) in [4.78, 5) is 7.81. The third-order valence-electron chi connectivity index (χ3n) is 2.93. The van der Waals surface area contributed by atoms with Crippen molar-refractivity contribution in [2.45, 2.75) is 31.5 Å². The van der Waals surface area contributed by atoms with Gasteiger partial charge in [0.15, 0.2) is 5.16 Å². The van der Waals surface area contributed by atoms with Crippen molar-refractivity contribution in [3.05, 3.63) is 23.8 Å². The molecule has 5 heteroatoms. The van der Waals surface area contributed by atoms with Crippen LogP contribution in [0.3, 0.4) is 0 Å². The van der Waals surface area contributed by atoms with Gasteiger partial charge in [-0.3, -0.25) is 5.32 Å². The molecule has 2 aromatic rings. The number of hydrogen-bond donors (Lipinski definition) is 2. The Balaban J connectivity index is 2.12. The molecule has 0 aliphatic carbocycles. The van der Waals surface area contributed by atoms with Crippen molar-refractivity contribution in [3.63, 3.8) is 0 Å². The van der Waals surface area contributed by atoms with Crippen LogP contribution < -0.4 is 5.32 Å². The molecule has 19 heavy (non-hydrogen) atoms. The van der Waals surface area contributed by atoms with E-state index in [1.54, 1.807) is 11.8 Å². The van der Waals surface area contributed by atoms with Crippen LogP contribution in [0.2, 0.25) is 0 Å². The molecule has 1 heterocycles. The third-order valence-corrected chi connectivity index (χ3v) is 4.12. The minimum Gasteiger partial charge on any atom is -0.333 e. The zero-order valence-corrected chi connectivity index (χ0v) is 12.3. The molecule has 0 radical (unpaired) electrons. The van der Waals surface area contributed by atoms with Crippen LogP contribution in [0.1, 0.15) is 19.4 Å². The molecule has 0 fully saturated rings. The molecular formula is C14H18N4S. The smallest absolute Gasteiger partial charge is 0.166 e. The lowest BCUT2D eigenvalue weighted by molar-refractivity contribution is 0.511. The second-order valence-corrected chi connectivity index (χ2v) is 5.79. The molecule has 4 nitrogen and oxygen atoms in total. The second-order valence-electron chi connectivity index (χ2n) is 4.83. The van der Waals surface area contributed by atoms with E-state index in [1.165, 1.54) is 5.56 Å². The molecule has 1 aromatic carbocycles. The largest absolute Gasteiger partial charge is 0.333 e. The fourth-order valence-electron chi connectivity index (χ4n) is 1.89. The van der Waals surface area contributed by atoms with Gasteiger partial charge in [0.2, 0.25) is 0 Å². The Morgan fingerprint density at radius 3 is 3.00 bits per heavy atom. The van der Waals surface area contributed by atoms with Gasteiger partial charge in [-0.2, -0.15) is 5.26 Å². The highest BCUT2D eigenvalue weighted by molar-refractivity contribution is 7.99. The fraction of sp³-hybridized carbons (Fsp3) is 0.429. The first-order valence-corrected chi connectivity index (χ1v) is 7.30. The summed E-state index contributed by atoms with van der Waals surface area (Å²) in [7, 11) is 0. The molecular weight excluding hydrogens is 256 g/mol. The lowest BCUT2D eigenvalue weighted by Gasteiger charge is -2.21. The number of aromatic nitrogens is 2. The molecule has 1 aromatic heterocycles. The van der Waals surface area contributed by atoms with Gasteiger partial charge < -0.3 is 4.98 Å². The van der Waals surface area contributed by atoms with Gasteiger partial charge in [-0.25, -0.2) is 4.98 Å². The van der Waals surface area contributed by atoms with E-state index in [1.807, 2.05) is 19.9 Å². The fourth-order valence-corrected chi connectivity index (χ4v) is 2.83. The van der Waals surface area contributed by atoms with E-state index in [4.69, 9.17) is 0 Å². The molecule has 0 aliphatic rings. The molecule has 2 rings (SSSR count). The van der Waals surface area contributed by atoms with E-state index < -0.39 is 5.54 Å². The number of benzene rings is 1. The van der Waals surface area contributed by atoms with E-state index >= 15 is 0 Å². The first-order chi connectivity index (χ1) is 9.06. The van der Waals surface area contributed by atoms with Crippen molar-refractivity contribution in [2.75, 3.05) is 12.3 Å². The average molecular weight is 274 g/mol. The molecule has 0 saturated carbocycles. The summed E-state index contributed by atoms with van der Waals surface area (Å²) in [6.07, 6.45) is 0. The zero-order valence-electron chi connectivity index (χ0n) is 11.4. The maximum Gasteiger partial charge on any atom is 0.166 e. The van der Waals surface area contributed by atoms with Gasteiger partial charge in [-0.1, -0.05) is 24.8 Å². The van der Waals surface area contributed by atoms with Crippen LogP contribution in [-0.4, -0.2) is 27.8 Å². The lowest BCUT2D eigenvalue weighted by Crippen LogP contribution is -2.43. The summed E-state index contributed by atoms with van der Waals surface area (Å²) >= 11 is 1.57. The number of thioether (sulfide) groups is 1. The number of rotatable bonds is 5. The van der Waals surface area contributed by atoms with Crippen LogP contribution in [0.25, 0.3) is 11.0 Å². The highest BCUT2D eigenvalue weighted by atomic mass is 32.2. The van der Waals surface area contributed by atoms with E-state index in [0.717, 1.165) is 22.7 Å². The van der Waals surface area contributed by atoms with E-state index in [2.05, 4.69) is 40.4 Å². The summed E-state index contributed by atoms with van der Waals surface area (Å²) in [5.74, 6) is 0.663. The summed E-state index contributed by atoms with van der Waals surface area (Å²) in [5.41, 5.74) is 2.70. The van der Waals surface area contributed by atoms with Gasteiger partial charge in [-0.15, -0.1) is 0 Å². The molecule has 0 bridgehead atoms. The molecule has 0 saturated heterocycles. The van der Waals surface area contributed by atoms with Gasteiger partial charge in [0.1, 0.15) is 5.54 Å². The third kappa shape index (κ3) is 3.28. The zero-order chi connectivity index (χ0) is 13.9. The van der Waals surface area contributed by atoms with Crippen molar-refractivity contribution in [1.82, 2.24) is 15.3 Å².